The van der Waals surface area contributed by atoms with Crippen molar-refractivity contribution in [3.8, 4) is 0 Å². The van der Waals surface area contributed by atoms with E-state index in [9.17, 15) is 0 Å². The van der Waals surface area contributed by atoms with Gasteiger partial charge in [0, 0.05) is 0 Å². The third-order valence-electron chi connectivity index (χ3n) is 4.59. The minimum Gasteiger partial charge on any atom is -0.304 e. The molecule has 1 nitrogen and oxygen atoms in total. The van der Waals surface area contributed by atoms with Gasteiger partial charge in [-0.15, -0.1) is 0 Å². The van der Waals surface area contributed by atoms with Gasteiger partial charge in [-0.3, -0.25) is 0 Å². The van der Waals surface area contributed by atoms with Crippen LogP contribution < -0.4 is 0 Å². The normalized spacial score (nSPS) is 31.1. The maximum atomic E-state index is 8.81. The molecule has 17 heavy (non-hydrogen) atoms. The molecule has 2 rings (SSSR count). The number of hydrogen-bond donors (Lipinski definition) is 0. The summed E-state index contributed by atoms with van der Waals surface area (Å²) in [7, 11) is 0. The molecule has 1 heteroatoms. The second-order valence-corrected chi connectivity index (χ2v) is 6.42. The first kappa shape index (κ1) is 14.5. The van der Waals surface area contributed by atoms with Crippen molar-refractivity contribution >= 4 is 6.29 Å². The fraction of sp³-hybridized carbons (Fsp3) is 0.812. The van der Waals surface area contributed by atoms with Gasteiger partial charge in [-0.25, -0.2) is 0 Å². The lowest BCUT2D eigenvalue weighted by molar-refractivity contribution is -0.106. The van der Waals surface area contributed by atoms with Gasteiger partial charge in [0.2, 0.25) is 0 Å². The molecule has 0 radical (unpaired) electrons. The number of hydrogen-bond acceptors (Lipinski definition) is 1. The van der Waals surface area contributed by atoms with E-state index >= 15 is 0 Å². The predicted octanol–water partition coefficient (Wildman–Crippen LogP) is 4.76. The van der Waals surface area contributed by atoms with E-state index in [1.165, 1.54) is 39.0 Å². The van der Waals surface area contributed by atoms with Gasteiger partial charge in [-0.1, -0.05) is 38.8 Å². The Morgan fingerprint density at radius 3 is 2.29 bits per heavy atom. The molecule has 2 aliphatic rings. The van der Waals surface area contributed by atoms with Crippen LogP contribution in [0.4, 0.5) is 0 Å². The highest BCUT2D eigenvalue weighted by atomic mass is 16.1. The topological polar surface area (TPSA) is 17.1 Å². The summed E-state index contributed by atoms with van der Waals surface area (Å²) < 4.78 is 0. The van der Waals surface area contributed by atoms with Crippen molar-refractivity contribution in [3.63, 3.8) is 0 Å². The zero-order chi connectivity index (χ0) is 13.1. The Labute approximate surface area is 107 Å². The van der Waals surface area contributed by atoms with Gasteiger partial charge in [0.15, 0.2) is 0 Å². The lowest BCUT2D eigenvalue weighted by Gasteiger charge is -2.42. The summed E-state index contributed by atoms with van der Waals surface area (Å²) in [6.07, 6.45) is 7.75. The van der Waals surface area contributed by atoms with E-state index in [0.717, 1.165) is 18.1 Å². The number of aldehydes is 1. The number of allylic oxidation sites excluding steroid dienone is 2. The predicted molar refractivity (Wildman–Crippen MR) is 74.0 cm³/mol. The van der Waals surface area contributed by atoms with Crippen LogP contribution in [0.15, 0.2) is 11.1 Å². The molecule has 0 aromatic carbocycles. The van der Waals surface area contributed by atoms with Crippen molar-refractivity contribution in [2.24, 2.45) is 17.3 Å². The van der Waals surface area contributed by atoms with Gasteiger partial charge in [0.25, 0.3) is 0 Å². The fourth-order valence-corrected chi connectivity index (χ4v) is 3.28. The number of carbonyl (C=O) groups is 1. The van der Waals surface area contributed by atoms with Gasteiger partial charge in [-0.05, 0) is 56.3 Å². The first-order valence-corrected chi connectivity index (χ1v) is 7.03. The summed E-state index contributed by atoms with van der Waals surface area (Å²) in [5, 5.41) is 0. The maximum Gasteiger partial charge on any atom is 0.116 e. The van der Waals surface area contributed by atoms with E-state index in [2.05, 4.69) is 27.7 Å². The van der Waals surface area contributed by atoms with E-state index in [1.54, 1.807) is 0 Å². The molecule has 0 unspecified atom stereocenters. The van der Waals surface area contributed by atoms with Crippen LogP contribution in [0.1, 0.15) is 66.7 Å². The Kier molecular flexibility index (Phi) is 4.97. The molecule has 0 aromatic heterocycles. The summed E-state index contributed by atoms with van der Waals surface area (Å²) in [6, 6.07) is 0. The Balaban J connectivity index is 0.000000437. The second-order valence-electron chi connectivity index (χ2n) is 6.42. The lowest BCUT2D eigenvalue weighted by Crippen LogP contribution is -2.28. The van der Waals surface area contributed by atoms with E-state index in [4.69, 9.17) is 4.79 Å². The summed E-state index contributed by atoms with van der Waals surface area (Å²) in [5.74, 6) is 1.83. The quantitative estimate of drug-likeness (QED) is 0.437. The van der Waals surface area contributed by atoms with Gasteiger partial charge < -0.3 is 4.79 Å². The zero-order valence-corrected chi connectivity index (χ0v) is 12.2. The van der Waals surface area contributed by atoms with Crippen LogP contribution >= 0.6 is 0 Å². The molecule has 0 fully saturated rings. The Morgan fingerprint density at radius 2 is 1.71 bits per heavy atom. The van der Waals surface area contributed by atoms with Crippen LogP contribution in [0.3, 0.4) is 0 Å². The highest BCUT2D eigenvalue weighted by Gasteiger charge is 2.34. The van der Waals surface area contributed by atoms with Gasteiger partial charge in [0.1, 0.15) is 6.29 Å². The van der Waals surface area contributed by atoms with Crippen LogP contribution in [-0.2, 0) is 4.79 Å². The largest absolute Gasteiger partial charge is 0.304 e. The van der Waals surface area contributed by atoms with Crippen molar-refractivity contribution in [2.45, 2.75) is 66.7 Å². The molecule has 0 amide bonds. The smallest absolute Gasteiger partial charge is 0.116 e. The van der Waals surface area contributed by atoms with Crippen LogP contribution in [0.25, 0.3) is 0 Å². The van der Waals surface area contributed by atoms with Gasteiger partial charge >= 0.3 is 0 Å². The third-order valence-corrected chi connectivity index (χ3v) is 4.59. The van der Waals surface area contributed by atoms with Crippen molar-refractivity contribution in [2.75, 3.05) is 0 Å². The SMILES string of the molecule is CC=O.C[C@@H]1CC2=C(C[C@H]1C)C(C)(C)CCC2. The second kappa shape index (κ2) is 5.84. The van der Waals surface area contributed by atoms with Crippen LogP contribution in [0.5, 0.6) is 0 Å². The van der Waals surface area contributed by atoms with E-state index in [1.807, 2.05) is 11.1 Å². The average molecular weight is 236 g/mol. The highest BCUT2D eigenvalue weighted by molar-refractivity contribution is 5.44. The van der Waals surface area contributed by atoms with Crippen LogP contribution in [0, 0.1) is 17.3 Å². The minimum atomic E-state index is 0.516. The van der Waals surface area contributed by atoms with Crippen molar-refractivity contribution in [1.82, 2.24) is 0 Å². The van der Waals surface area contributed by atoms with Crippen LogP contribution in [0.2, 0.25) is 0 Å². The lowest BCUT2D eigenvalue weighted by atomic mass is 9.64. The van der Waals surface area contributed by atoms with Crippen molar-refractivity contribution < 1.29 is 4.79 Å². The molecule has 2 atom stereocenters. The highest BCUT2D eigenvalue weighted by Crippen LogP contribution is 2.49. The molecular weight excluding hydrogens is 208 g/mol. The van der Waals surface area contributed by atoms with E-state index < -0.39 is 0 Å². The third kappa shape index (κ3) is 3.43. The Hall–Kier alpha value is -0.590. The first-order valence-electron chi connectivity index (χ1n) is 7.03. The molecule has 98 valence electrons. The standard InChI is InChI=1S/C14H24.C2H4O/c1-10-8-12-6-5-7-14(3,4)13(12)9-11(10)2;1-2-3/h10-11H,5-9H2,1-4H3;2H,1H3/t10-,11-;/m1./s1. The van der Waals surface area contributed by atoms with E-state index in [0.29, 0.717) is 5.41 Å². The summed E-state index contributed by atoms with van der Waals surface area (Å²) in [4.78, 5) is 8.81. The van der Waals surface area contributed by atoms with Crippen molar-refractivity contribution in [1.29, 1.82) is 0 Å². The Morgan fingerprint density at radius 1 is 1.18 bits per heavy atom. The number of carbonyl (C=O) groups excluding carboxylic acids is 1. The monoisotopic (exact) mass is 236 g/mol. The molecule has 0 saturated carbocycles. The molecule has 0 bridgehead atoms. The van der Waals surface area contributed by atoms with Crippen LogP contribution in [-0.4, -0.2) is 6.29 Å². The maximum absolute atomic E-state index is 8.81. The molecule has 2 aliphatic carbocycles. The summed E-state index contributed by atoms with van der Waals surface area (Å²) in [5.41, 5.74) is 4.17. The molecule has 0 spiro atoms. The molecule has 0 saturated heterocycles. The minimum absolute atomic E-state index is 0.516. The average Bonchev–Trinajstić information content (AvgIpc) is 2.22. The molecule has 0 heterocycles. The summed E-state index contributed by atoms with van der Waals surface area (Å²) >= 11 is 0. The van der Waals surface area contributed by atoms with Gasteiger partial charge in [-0.2, -0.15) is 0 Å². The molecular formula is C16H28O. The Bertz CT molecular complexity index is 299. The zero-order valence-electron chi connectivity index (χ0n) is 12.2. The first-order chi connectivity index (χ1) is 7.92. The molecule has 0 N–H and O–H groups in total. The van der Waals surface area contributed by atoms with Crippen molar-refractivity contribution in [3.05, 3.63) is 11.1 Å². The van der Waals surface area contributed by atoms with Gasteiger partial charge in [0.05, 0.1) is 0 Å². The van der Waals surface area contributed by atoms with E-state index in [-0.39, 0.29) is 0 Å². The molecule has 0 aromatic rings. The molecule has 0 aliphatic heterocycles. The summed E-state index contributed by atoms with van der Waals surface area (Å²) in [6.45, 7) is 11.2. The fourth-order valence-electron chi connectivity index (χ4n) is 3.28. The number of rotatable bonds is 0.